The summed E-state index contributed by atoms with van der Waals surface area (Å²) in [6.07, 6.45) is 1.63. The standard InChI is InChI=1S/C15H23N7O2/c1-11-8-13(24-19-11)9-21-4-6-22(7-5-21)15(23)17-12(2)14-18-16-10-20(14)3/h8,10,12H,4-7,9H2,1-3H3,(H,17,23). The average molecular weight is 333 g/mol. The van der Waals surface area contributed by atoms with Crippen LogP contribution in [-0.4, -0.2) is 61.9 Å². The van der Waals surface area contributed by atoms with E-state index in [1.807, 2.05) is 36.4 Å². The summed E-state index contributed by atoms with van der Waals surface area (Å²) in [6, 6.07) is 1.70. The van der Waals surface area contributed by atoms with Gasteiger partial charge >= 0.3 is 6.03 Å². The van der Waals surface area contributed by atoms with Gasteiger partial charge in [-0.15, -0.1) is 10.2 Å². The van der Waals surface area contributed by atoms with Gasteiger partial charge in [0.2, 0.25) is 0 Å². The van der Waals surface area contributed by atoms with E-state index in [4.69, 9.17) is 4.52 Å². The topological polar surface area (TPSA) is 92.3 Å². The molecule has 2 amide bonds. The lowest BCUT2D eigenvalue weighted by Crippen LogP contribution is -2.51. The summed E-state index contributed by atoms with van der Waals surface area (Å²) < 4.78 is 7.05. The van der Waals surface area contributed by atoms with E-state index in [1.54, 1.807) is 6.33 Å². The summed E-state index contributed by atoms with van der Waals surface area (Å²) >= 11 is 0. The maximum absolute atomic E-state index is 12.4. The number of carbonyl (C=O) groups excluding carboxylic acids is 1. The van der Waals surface area contributed by atoms with Crippen molar-refractivity contribution in [2.75, 3.05) is 26.2 Å². The third-order valence-corrected chi connectivity index (χ3v) is 4.19. The number of hydrogen-bond acceptors (Lipinski definition) is 6. The van der Waals surface area contributed by atoms with Gasteiger partial charge in [0.1, 0.15) is 6.33 Å². The summed E-state index contributed by atoms with van der Waals surface area (Å²) in [4.78, 5) is 16.5. The Bertz CT molecular complexity index is 688. The Labute approximate surface area is 140 Å². The van der Waals surface area contributed by atoms with Crippen molar-refractivity contribution in [1.82, 2.24) is 35.0 Å². The molecule has 9 nitrogen and oxygen atoms in total. The zero-order valence-corrected chi connectivity index (χ0v) is 14.3. The molecule has 0 bridgehead atoms. The molecule has 2 aromatic heterocycles. The number of hydrogen-bond donors (Lipinski definition) is 1. The summed E-state index contributed by atoms with van der Waals surface area (Å²) in [7, 11) is 1.86. The van der Waals surface area contributed by atoms with Crippen molar-refractivity contribution >= 4 is 6.03 Å². The van der Waals surface area contributed by atoms with Crippen LogP contribution in [0.5, 0.6) is 0 Å². The molecule has 0 spiro atoms. The first kappa shape index (κ1) is 16.4. The Morgan fingerprint density at radius 1 is 1.38 bits per heavy atom. The van der Waals surface area contributed by atoms with Crippen LogP contribution in [-0.2, 0) is 13.6 Å². The molecule has 24 heavy (non-hydrogen) atoms. The maximum atomic E-state index is 12.4. The molecule has 1 aliphatic rings. The van der Waals surface area contributed by atoms with Gasteiger partial charge in [-0.3, -0.25) is 4.90 Å². The predicted octanol–water partition coefficient (Wildman–Crippen LogP) is 0.700. The van der Waals surface area contributed by atoms with E-state index in [0.29, 0.717) is 13.1 Å². The molecule has 1 saturated heterocycles. The number of nitrogens with zero attached hydrogens (tertiary/aromatic N) is 6. The van der Waals surface area contributed by atoms with Gasteiger partial charge < -0.3 is 19.3 Å². The van der Waals surface area contributed by atoms with Crippen molar-refractivity contribution in [3.8, 4) is 0 Å². The lowest BCUT2D eigenvalue weighted by atomic mass is 10.3. The second-order valence-corrected chi connectivity index (χ2v) is 6.17. The first-order valence-electron chi connectivity index (χ1n) is 8.07. The monoisotopic (exact) mass is 333 g/mol. The first-order chi connectivity index (χ1) is 11.5. The van der Waals surface area contributed by atoms with Crippen LogP contribution in [0.15, 0.2) is 16.9 Å². The minimum Gasteiger partial charge on any atom is -0.360 e. The third kappa shape index (κ3) is 3.73. The van der Waals surface area contributed by atoms with Crippen molar-refractivity contribution in [3.05, 3.63) is 29.7 Å². The zero-order chi connectivity index (χ0) is 17.1. The highest BCUT2D eigenvalue weighted by Crippen LogP contribution is 2.12. The largest absolute Gasteiger partial charge is 0.360 e. The van der Waals surface area contributed by atoms with E-state index >= 15 is 0 Å². The Kier molecular flexibility index (Phi) is 4.79. The van der Waals surface area contributed by atoms with Crippen LogP contribution < -0.4 is 5.32 Å². The molecule has 1 atom stereocenters. The van der Waals surface area contributed by atoms with Crippen LogP contribution in [0.3, 0.4) is 0 Å². The zero-order valence-electron chi connectivity index (χ0n) is 14.3. The number of urea groups is 1. The second-order valence-electron chi connectivity index (χ2n) is 6.17. The van der Waals surface area contributed by atoms with Crippen LogP contribution in [0.25, 0.3) is 0 Å². The van der Waals surface area contributed by atoms with Crippen LogP contribution >= 0.6 is 0 Å². The maximum Gasteiger partial charge on any atom is 0.318 e. The van der Waals surface area contributed by atoms with Gasteiger partial charge in [-0.2, -0.15) is 0 Å². The molecule has 0 aromatic carbocycles. The van der Waals surface area contributed by atoms with Crippen molar-refractivity contribution in [2.24, 2.45) is 7.05 Å². The van der Waals surface area contributed by atoms with E-state index < -0.39 is 0 Å². The molecule has 3 heterocycles. The highest BCUT2D eigenvalue weighted by molar-refractivity contribution is 5.74. The SMILES string of the molecule is Cc1cc(CN2CCN(C(=O)NC(C)c3nncn3C)CC2)on1. The number of aromatic nitrogens is 4. The molecular formula is C15H23N7O2. The van der Waals surface area contributed by atoms with Gasteiger partial charge in [-0.05, 0) is 13.8 Å². The predicted molar refractivity (Wildman–Crippen MR) is 86.0 cm³/mol. The summed E-state index contributed by atoms with van der Waals surface area (Å²) in [5.41, 5.74) is 0.890. The molecule has 0 saturated carbocycles. The van der Waals surface area contributed by atoms with Gasteiger partial charge in [-0.25, -0.2) is 4.79 Å². The van der Waals surface area contributed by atoms with Gasteiger partial charge in [0.15, 0.2) is 11.6 Å². The lowest BCUT2D eigenvalue weighted by molar-refractivity contribution is 0.126. The van der Waals surface area contributed by atoms with E-state index in [0.717, 1.165) is 36.9 Å². The molecular weight excluding hydrogens is 310 g/mol. The number of aryl methyl sites for hydroxylation is 2. The number of nitrogens with one attached hydrogen (secondary N) is 1. The lowest BCUT2D eigenvalue weighted by Gasteiger charge is -2.34. The van der Waals surface area contributed by atoms with Crippen molar-refractivity contribution in [3.63, 3.8) is 0 Å². The van der Waals surface area contributed by atoms with E-state index in [-0.39, 0.29) is 12.1 Å². The number of piperazine rings is 1. The van der Waals surface area contributed by atoms with E-state index in [2.05, 4.69) is 25.6 Å². The van der Waals surface area contributed by atoms with Crippen molar-refractivity contribution < 1.29 is 9.32 Å². The van der Waals surface area contributed by atoms with E-state index in [9.17, 15) is 4.79 Å². The molecule has 1 aliphatic heterocycles. The smallest absolute Gasteiger partial charge is 0.318 e. The minimum atomic E-state index is -0.180. The van der Waals surface area contributed by atoms with E-state index in [1.165, 1.54) is 0 Å². The number of amides is 2. The van der Waals surface area contributed by atoms with Crippen LogP contribution in [0.1, 0.15) is 30.2 Å². The van der Waals surface area contributed by atoms with Crippen molar-refractivity contribution in [2.45, 2.75) is 26.4 Å². The molecule has 2 aromatic rings. The number of carbonyl (C=O) groups is 1. The van der Waals surface area contributed by atoms with Crippen molar-refractivity contribution in [1.29, 1.82) is 0 Å². The normalized spacial score (nSPS) is 17.0. The van der Waals surface area contributed by atoms with Gasteiger partial charge in [0.25, 0.3) is 0 Å². The molecule has 1 N–H and O–H groups in total. The van der Waals surface area contributed by atoms with Crippen LogP contribution in [0.2, 0.25) is 0 Å². The molecule has 9 heteroatoms. The molecule has 130 valence electrons. The summed E-state index contributed by atoms with van der Waals surface area (Å²) in [5.74, 6) is 1.60. The Balaban J connectivity index is 1.47. The third-order valence-electron chi connectivity index (χ3n) is 4.19. The fourth-order valence-corrected chi connectivity index (χ4v) is 2.85. The molecule has 3 rings (SSSR count). The first-order valence-corrected chi connectivity index (χ1v) is 8.07. The molecule has 0 aliphatic carbocycles. The minimum absolute atomic E-state index is 0.0688. The average Bonchev–Trinajstić information content (AvgIpc) is 3.16. The Hall–Kier alpha value is -2.42. The summed E-state index contributed by atoms with van der Waals surface area (Å²) in [6.45, 7) is 7.54. The second kappa shape index (κ2) is 7.00. The van der Waals surface area contributed by atoms with Gasteiger partial charge in [-0.1, -0.05) is 5.16 Å². The fraction of sp³-hybridized carbons (Fsp3) is 0.600. The fourth-order valence-electron chi connectivity index (χ4n) is 2.85. The van der Waals surface area contributed by atoms with Crippen LogP contribution in [0.4, 0.5) is 4.79 Å². The molecule has 1 fully saturated rings. The Morgan fingerprint density at radius 3 is 2.71 bits per heavy atom. The quantitative estimate of drug-likeness (QED) is 0.885. The van der Waals surface area contributed by atoms with Gasteiger partial charge in [0, 0.05) is 39.3 Å². The van der Waals surface area contributed by atoms with Crippen LogP contribution in [0, 0.1) is 6.92 Å². The summed E-state index contributed by atoms with van der Waals surface area (Å²) in [5, 5.41) is 14.7. The number of rotatable bonds is 4. The highest BCUT2D eigenvalue weighted by Gasteiger charge is 2.24. The molecule has 1 unspecified atom stereocenters. The highest BCUT2D eigenvalue weighted by atomic mass is 16.5. The molecule has 0 radical (unpaired) electrons. The van der Waals surface area contributed by atoms with Gasteiger partial charge in [0.05, 0.1) is 18.3 Å². The Morgan fingerprint density at radius 2 is 2.12 bits per heavy atom.